The van der Waals surface area contributed by atoms with Gasteiger partial charge in [-0.1, -0.05) is 72.4 Å². The molecule has 5 heteroatoms. The summed E-state index contributed by atoms with van der Waals surface area (Å²) in [5.74, 6) is -0.156. The molecule has 2 atom stereocenters. The van der Waals surface area contributed by atoms with E-state index in [0.29, 0.717) is 6.42 Å². The van der Waals surface area contributed by atoms with Crippen LogP contribution in [-0.2, 0) is 9.53 Å². The molecule has 1 aliphatic rings. The monoisotopic (exact) mass is 350 g/mol. The summed E-state index contributed by atoms with van der Waals surface area (Å²) in [6.07, 6.45) is 0.688. The van der Waals surface area contributed by atoms with E-state index in [4.69, 9.17) is 9.72 Å². The number of ether oxygens (including phenoxy) is 1. The number of nitrogens with zero attached hydrogens (tertiary/aromatic N) is 1. The Morgan fingerprint density at radius 1 is 1.04 bits per heavy atom. The Kier molecular flexibility index (Phi) is 4.32. The van der Waals surface area contributed by atoms with Gasteiger partial charge in [-0.2, -0.15) is 0 Å². The third kappa shape index (κ3) is 3.33. The number of nitrogens with one attached hydrogen (secondary N) is 1. The van der Waals surface area contributed by atoms with Crippen molar-refractivity contribution < 1.29 is 9.53 Å². The van der Waals surface area contributed by atoms with Crippen LogP contribution in [0, 0.1) is 0 Å². The molecule has 2 aromatic carbocycles. The number of hydrogen-bond acceptors (Lipinski definition) is 4. The second-order valence-electron chi connectivity index (χ2n) is 6.09. The van der Waals surface area contributed by atoms with Crippen molar-refractivity contribution in [1.29, 1.82) is 0 Å². The SMILES string of the molecule is C[C@@H]1C[C@H](Sc2nc(-c3ccccc3)c(-c3ccccc3)[nH]2)C(=O)O1. The number of thioether (sulfide) groups is 1. The number of carbonyl (C=O) groups excluding carboxylic acids is 1. The van der Waals surface area contributed by atoms with Crippen molar-refractivity contribution in [3.8, 4) is 22.5 Å². The maximum Gasteiger partial charge on any atom is 0.319 e. The van der Waals surface area contributed by atoms with Crippen molar-refractivity contribution in [2.45, 2.75) is 29.9 Å². The standard InChI is InChI=1S/C20H18N2O2S/c1-13-12-16(19(23)24-13)25-20-21-17(14-8-4-2-5-9-14)18(22-20)15-10-6-3-7-11-15/h2-11,13,16H,12H2,1H3,(H,21,22)/t13-,16+/m1/s1. The molecule has 0 bridgehead atoms. The third-order valence-electron chi connectivity index (χ3n) is 4.17. The van der Waals surface area contributed by atoms with E-state index < -0.39 is 0 Å². The Morgan fingerprint density at radius 2 is 1.68 bits per heavy atom. The summed E-state index contributed by atoms with van der Waals surface area (Å²) < 4.78 is 5.25. The lowest BCUT2D eigenvalue weighted by Crippen LogP contribution is -2.09. The summed E-state index contributed by atoms with van der Waals surface area (Å²) >= 11 is 1.45. The van der Waals surface area contributed by atoms with E-state index in [1.54, 1.807) is 0 Å². The minimum Gasteiger partial charge on any atom is -0.462 e. The first kappa shape index (κ1) is 16.0. The summed E-state index contributed by atoms with van der Waals surface area (Å²) in [6, 6.07) is 20.2. The lowest BCUT2D eigenvalue weighted by atomic mass is 10.1. The van der Waals surface area contributed by atoms with Gasteiger partial charge in [0.2, 0.25) is 0 Å². The first-order valence-electron chi connectivity index (χ1n) is 8.28. The smallest absolute Gasteiger partial charge is 0.319 e. The molecule has 25 heavy (non-hydrogen) atoms. The highest BCUT2D eigenvalue weighted by molar-refractivity contribution is 8.00. The van der Waals surface area contributed by atoms with Gasteiger partial charge in [0.25, 0.3) is 0 Å². The molecule has 1 saturated heterocycles. The van der Waals surface area contributed by atoms with Crippen LogP contribution in [0.4, 0.5) is 0 Å². The first-order valence-corrected chi connectivity index (χ1v) is 9.16. The molecule has 0 aliphatic carbocycles. The van der Waals surface area contributed by atoms with Crippen LogP contribution in [0.1, 0.15) is 13.3 Å². The molecule has 1 N–H and O–H groups in total. The molecule has 1 aromatic heterocycles. The molecular weight excluding hydrogens is 332 g/mol. The number of esters is 1. The van der Waals surface area contributed by atoms with E-state index in [9.17, 15) is 4.79 Å². The molecule has 0 unspecified atom stereocenters. The lowest BCUT2D eigenvalue weighted by Gasteiger charge is -2.02. The van der Waals surface area contributed by atoms with Crippen molar-refractivity contribution in [1.82, 2.24) is 9.97 Å². The number of aromatic amines is 1. The number of benzene rings is 2. The van der Waals surface area contributed by atoms with Gasteiger partial charge in [-0.3, -0.25) is 4.79 Å². The Balaban J connectivity index is 1.72. The van der Waals surface area contributed by atoms with E-state index in [1.165, 1.54) is 11.8 Å². The molecule has 4 rings (SSSR count). The van der Waals surface area contributed by atoms with Gasteiger partial charge in [0.05, 0.1) is 11.4 Å². The van der Waals surface area contributed by atoms with Crippen LogP contribution in [0.25, 0.3) is 22.5 Å². The highest BCUT2D eigenvalue weighted by Gasteiger charge is 2.33. The Bertz CT molecular complexity index is 820. The minimum absolute atomic E-state index is 0.0258. The molecule has 1 fully saturated rings. The third-order valence-corrected chi connectivity index (χ3v) is 5.26. The van der Waals surface area contributed by atoms with Crippen LogP contribution in [0.5, 0.6) is 0 Å². The summed E-state index contributed by atoms with van der Waals surface area (Å²) in [7, 11) is 0. The summed E-state index contributed by atoms with van der Waals surface area (Å²) in [5.41, 5.74) is 3.98. The van der Waals surface area contributed by atoms with E-state index >= 15 is 0 Å². The predicted molar refractivity (Wildman–Crippen MR) is 99.3 cm³/mol. The number of cyclic esters (lactones) is 1. The van der Waals surface area contributed by atoms with Crippen LogP contribution >= 0.6 is 11.8 Å². The maximum atomic E-state index is 11.9. The van der Waals surface area contributed by atoms with Crippen LogP contribution in [0.15, 0.2) is 65.8 Å². The molecule has 3 aromatic rings. The molecule has 1 aliphatic heterocycles. The second-order valence-corrected chi connectivity index (χ2v) is 7.28. The van der Waals surface area contributed by atoms with Crippen LogP contribution < -0.4 is 0 Å². The van der Waals surface area contributed by atoms with Gasteiger partial charge < -0.3 is 9.72 Å². The zero-order valence-corrected chi connectivity index (χ0v) is 14.6. The fourth-order valence-electron chi connectivity index (χ4n) is 2.98. The molecule has 2 heterocycles. The van der Waals surface area contributed by atoms with Gasteiger partial charge in [0.1, 0.15) is 11.4 Å². The van der Waals surface area contributed by atoms with Crippen molar-refractivity contribution in [2.75, 3.05) is 0 Å². The zero-order valence-electron chi connectivity index (χ0n) is 13.8. The molecule has 126 valence electrons. The molecule has 0 amide bonds. The van der Waals surface area contributed by atoms with E-state index in [0.717, 1.165) is 27.7 Å². The highest BCUT2D eigenvalue weighted by Crippen LogP contribution is 2.36. The fraction of sp³-hybridized carbons (Fsp3) is 0.200. The minimum atomic E-state index is -0.201. The Hall–Kier alpha value is -2.53. The topological polar surface area (TPSA) is 55.0 Å². The number of imidazole rings is 1. The molecule has 0 saturated carbocycles. The molecule has 0 radical (unpaired) electrons. The summed E-state index contributed by atoms with van der Waals surface area (Å²) in [5, 5.41) is 0.544. The predicted octanol–water partition coefficient (Wildman–Crippen LogP) is 4.54. The van der Waals surface area contributed by atoms with Gasteiger partial charge in [0, 0.05) is 17.5 Å². The number of H-pyrrole nitrogens is 1. The number of aromatic nitrogens is 2. The van der Waals surface area contributed by atoms with Crippen LogP contribution in [-0.4, -0.2) is 27.3 Å². The van der Waals surface area contributed by atoms with Crippen LogP contribution in [0.3, 0.4) is 0 Å². The van der Waals surface area contributed by atoms with Crippen molar-refractivity contribution in [3.05, 3.63) is 60.7 Å². The van der Waals surface area contributed by atoms with Gasteiger partial charge >= 0.3 is 5.97 Å². The van der Waals surface area contributed by atoms with Crippen molar-refractivity contribution >= 4 is 17.7 Å². The normalized spacial score (nSPS) is 19.8. The highest BCUT2D eigenvalue weighted by atomic mass is 32.2. The van der Waals surface area contributed by atoms with E-state index in [2.05, 4.69) is 17.1 Å². The quantitative estimate of drug-likeness (QED) is 0.702. The summed E-state index contributed by atoms with van der Waals surface area (Å²) in [4.78, 5) is 20.1. The first-order chi connectivity index (χ1) is 12.2. The lowest BCUT2D eigenvalue weighted by molar-refractivity contribution is -0.140. The Labute approximate surface area is 150 Å². The van der Waals surface area contributed by atoms with Crippen molar-refractivity contribution in [2.24, 2.45) is 0 Å². The summed E-state index contributed by atoms with van der Waals surface area (Å²) in [6.45, 7) is 1.92. The fourth-order valence-corrected chi connectivity index (χ4v) is 4.07. The largest absolute Gasteiger partial charge is 0.462 e. The number of hydrogen-bond donors (Lipinski definition) is 1. The maximum absolute atomic E-state index is 11.9. The average molecular weight is 350 g/mol. The number of carbonyl (C=O) groups is 1. The van der Waals surface area contributed by atoms with Gasteiger partial charge in [-0.05, 0) is 6.92 Å². The Morgan fingerprint density at radius 3 is 2.28 bits per heavy atom. The van der Waals surface area contributed by atoms with Gasteiger partial charge in [0.15, 0.2) is 5.16 Å². The second kappa shape index (κ2) is 6.76. The molecule has 4 nitrogen and oxygen atoms in total. The zero-order chi connectivity index (χ0) is 17.2. The molecule has 0 spiro atoms. The van der Waals surface area contributed by atoms with E-state index in [-0.39, 0.29) is 17.3 Å². The van der Waals surface area contributed by atoms with Gasteiger partial charge in [-0.15, -0.1) is 0 Å². The van der Waals surface area contributed by atoms with E-state index in [1.807, 2.05) is 55.5 Å². The average Bonchev–Trinajstić information content (AvgIpc) is 3.20. The van der Waals surface area contributed by atoms with Crippen molar-refractivity contribution in [3.63, 3.8) is 0 Å². The molecular formula is C20H18N2O2S. The van der Waals surface area contributed by atoms with Crippen LogP contribution in [0.2, 0.25) is 0 Å². The van der Waals surface area contributed by atoms with Gasteiger partial charge in [-0.25, -0.2) is 4.98 Å². The number of rotatable bonds is 4.